The summed E-state index contributed by atoms with van der Waals surface area (Å²) in [5.41, 5.74) is 3.22. The number of hydrogen-bond donors (Lipinski definition) is 1. The van der Waals surface area contributed by atoms with E-state index in [0.29, 0.717) is 30.9 Å². The van der Waals surface area contributed by atoms with Crippen LogP contribution in [0.15, 0.2) is 47.4 Å². The highest BCUT2D eigenvalue weighted by Crippen LogP contribution is 2.26. The van der Waals surface area contributed by atoms with E-state index in [0.717, 1.165) is 12.8 Å². The van der Waals surface area contributed by atoms with Crippen LogP contribution in [-0.2, 0) is 27.7 Å². The molecule has 0 fully saturated rings. The first-order valence-electron chi connectivity index (χ1n) is 11.1. The Labute approximate surface area is 185 Å². The van der Waals surface area contributed by atoms with E-state index >= 15 is 0 Å². The summed E-state index contributed by atoms with van der Waals surface area (Å²) in [7, 11) is -3.52. The molecule has 2 aromatic carbocycles. The van der Waals surface area contributed by atoms with Crippen molar-refractivity contribution in [2.45, 2.75) is 63.9 Å². The fraction of sp³-hybridized carbons (Fsp3) is 0.458. The molecular weight excluding hydrogens is 412 g/mol. The SMILES string of the molecule is CC[C@H](Oc1ccc2c(c1)CCCC2)C(=O)Nc1ccc(S(=O)(=O)N(CC)CC)cc1. The minimum Gasteiger partial charge on any atom is -0.481 e. The molecule has 0 heterocycles. The van der Waals surface area contributed by atoms with E-state index in [1.165, 1.54) is 40.4 Å². The highest BCUT2D eigenvalue weighted by Gasteiger charge is 2.23. The summed E-state index contributed by atoms with van der Waals surface area (Å²) in [5, 5.41) is 2.84. The Hall–Kier alpha value is -2.38. The van der Waals surface area contributed by atoms with Gasteiger partial charge in [0.1, 0.15) is 5.75 Å². The summed E-state index contributed by atoms with van der Waals surface area (Å²) in [4.78, 5) is 13.0. The lowest BCUT2D eigenvalue weighted by atomic mass is 9.92. The maximum Gasteiger partial charge on any atom is 0.265 e. The van der Waals surface area contributed by atoms with Gasteiger partial charge in [-0.3, -0.25) is 4.79 Å². The summed E-state index contributed by atoms with van der Waals surface area (Å²) in [5.74, 6) is 0.461. The molecule has 0 saturated carbocycles. The monoisotopic (exact) mass is 444 g/mol. The number of rotatable bonds is 9. The maximum atomic E-state index is 12.8. The molecule has 3 rings (SSSR count). The molecule has 1 amide bonds. The number of aryl methyl sites for hydroxylation is 2. The number of fused-ring (bicyclic) bond motifs is 1. The van der Waals surface area contributed by atoms with Crippen molar-refractivity contribution in [3.63, 3.8) is 0 Å². The van der Waals surface area contributed by atoms with Crippen LogP contribution in [0.4, 0.5) is 5.69 Å². The van der Waals surface area contributed by atoms with Crippen LogP contribution in [0.1, 0.15) is 51.2 Å². The predicted octanol–water partition coefficient (Wildman–Crippen LogP) is 4.39. The molecule has 31 heavy (non-hydrogen) atoms. The minimum atomic E-state index is -3.52. The summed E-state index contributed by atoms with van der Waals surface area (Å²) in [6, 6.07) is 12.4. The number of sulfonamides is 1. The number of nitrogens with zero attached hydrogens (tertiary/aromatic N) is 1. The summed E-state index contributed by atoms with van der Waals surface area (Å²) in [6.45, 7) is 6.35. The average molecular weight is 445 g/mol. The zero-order valence-electron chi connectivity index (χ0n) is 18.6. The third-order valence-corrected chi connectivity index (χ3v) is 7.79. The van der Waals surface area contributed by atoms with Crippen LogP contribution in [0.3, 0.4) is 0 Å². The second-order valence-electron chi connectivity index (χ2n) is 7.76. The van der Waals surface area contributed by atoms with Gasteiger partial charge in [0.05, 0.1) is 4.90 Å². The Morgan fingerprint density at radius 1 is 1.00 bits per heavy atom. The van der Waals surface area contributed by atoms with Crippen molar-refractivity contribution in [2.75, 3.05) is 18.4 Å². The average Bonchev–Trinajstić information content (AvgIpc) is 2.78. The molecule has 2 aromatic rings. The van der Waals surface area contributed by atoms with Gasteiger partial charge in [0.25, 0.3) is 5.91 Å². The van der Waals surface area contributed by atoms with Gasteiger partial charge < -0.3 is 10.1 Å². The number of anilines is 1. The van der Waals surface area contributed by atoms with Crippen LogP contribution in [0.2, 0.25) is 0 Å². The molecule has 7 heteroatoms. The molecule has 1 atom stereocenters. The first-order valence-corrected chi connectivity index (χ1v) is 12.5. The normalized spacial score (nSPS) is 14.7. The van der Waals surface area contributed by atoms with Crippen molar-refractivity contribution in [2.24, 2.45) is 0 Å². The number of hydrogen-bond acceptors (Lipinski definition) is 4. The second-order valence-corrected chi connectivity index (χ2v) is 9.69. The number of amides is 1. The molecule has 0 aromatic heterocycles. The Balaban J connectivity index is 1.67. The van der Waals surface area contributed by atoms with E-state index < -0.39 is 16.1 Å². The van der Waals surface area contributed by atoms with Crippen molar-refractivity contribution in [3.8, 4) is 5.75 Å². The van der Waals surface area contributed by atoms with Gasteiger partial charge in [0, 0.05) is 18.8 Å². The van der Waals surface area contributed by atoms with Gasteiger partial charge in [-0.1, -0.05) is 26.8 Å². The second kappa shape index (κ2) is 10.3. The molecule has 0 saturated heterocycles. The zero-order valence-corrected chi connectivity index (χ0v) is 19.4. The summed E-state index contributed by atoms with van der Waals surface area (Å²) in [6.07, 6.45) is 4.47. The molecular formula is C24H32N2O4S. The van der Waals surface area contributed by atoms with E-state index in [9.17, 15) is 13.2 Å². The van der Waals surface area contributed by atoms with Gasteiger partial charge in [-0.05, 0) is 79.6 Å². The van der Waals surface area contributed by atoms with Crippen LogP contribution >= 0.6 is 0 Å². The van der Waals surface area contributed by atoms with E-state index in [1.807, 2.05) is 26.8 Å². The van der Waals surface area contributed by atoms with E-state index in [1.54, 1.807) is 12.1 Å². The van der Waals surface area contributed by atoms with Gasteiger partial charge in [-0.15, -0.1) is 0 Å². The number of ether oxygens (including phenoxy) is 1. The van der Waals surface area contributed by atoms with Crippen LogP contribution < -0.4 is 10.1 Å². The van der Waals surface area contributed by atoms with Crippen molar-refractivity contribution >= 4 is 21.6 Å². The Bertz CT molecular complexity index is 999. The highest BCUT2D eigenvalue weighted by molar-refractivity contribution is 7.89. The Morgan fingerprint density at radius 2 is 1.65 bits per heavy atom. The molecule has 6 nitrogen and oxygen atoms in total. The molecule has 0 spiro atoms. The van der Waals surface area contributed by atoms with Gasteiger partial charge >= 0.3 is 0 Å². The first kappa shape index (κ1) is 23.3. The fourth-order valence-electron chi connectivity index (χ4n) is 3.92. The van der Waals surface area contributed by atoms with Crippen molar-refractivity contribution in [1.29, 1.82) is 0 Å². The third-order valence-electron chi connectivity index (χ3n) is 5.73. The number of carbonyl (C=O) groups is 1. The minimum absolute atomic E-state index is 0.214. The molecule has 0 unspecified atom stereocenters. The van der Waals surface area contributed by atoms with E-state index in [-0.39, 0.29) is 10.8 Å². The molecule has 1 N–H and O–H groups in total. The predicted molar refractivity (Wildman–Crippen MR) is 123 cm³/mol. The van der Waals surface area contributed by atoms with Gasteiger partial charge in [0.15, 0.2) is 6.10 Å². The molecule has 0 radical (unpaired) electrons. The van der Waals surface area contributed by atoms with E-state index in [2.05, 4.69) is 17.4 Å². The molecule has 0 aliphatic heterocycles. The maximum absolute atomic E-state index is 12.8. The highest BCUT2D eigenvalue weighted by atomic mass is 32.2. The van der Waals surface area contributed by atoms with E-state index in [4.69, 9.17) is 4.74 Å². The molecule has 1 aliphatic rings. The lowest BCUT2D eigenvalue weighted by Crippen LogP contribution is -2.32. The topological polar surface area (TPSA) is 75.7 Å². The van der Waals surface area contributed by atoms with Crippen molar-refractivity contribution in [1.82, 2.24) is 4.31 Å². The lowest BCUT2D eigenvalue weighted by molar-refractivity contribution is -0.122. The van der Waals surface area contributed by atoms with Crippen LogP contribution in [0.25, 0.3) is 0 Å². The van der Waals surface area contributed by atoms with Gasteiger partial charge in [-0.2, -0.15) is 4.31 Å². The van der Waals surface area contributed by atoms with Crippen LogP contribution in [-0.4, -0.2) is 37.8 Å². The zero-order chi connectivity index (χ0) is 22.4. The third kappa shape index (κ3) is 5.46. The summed E-state index contributed by atoms with van der Waals surface area (Å²) < 4.78 is 32.6. The Kier molecular flexibility index (Phi) is 7.73. The van der Waals surface area contributed by atoms with Gasteiger partial charge in [0.2, 0.25) is 10.0 Å². The number of carbonyl (C=O) groups excluding carboxylic acids is 1. The molecule has 168 valence electrons. The standard InChI is InChI=1S/C24H32N2O4S/c1-4-23(30-21-14-11-18-9-7-8-10-19(18)17-21)24(27)25-20-12-15-22(16-13-20)31(28,29)26(5-2)6-3/h11-17,23H,4-10H2,1-3H3,(H,25,27)/t23-/m0/s1. The van der Waals surface area contributed by atoms with Crippen molar-refractivity contribution in [3.05, 3.63) is 53.6 Å². The van der Waals surface area contributed by atoms with Crippen LogP contribution in [0, 0.1) is 0 Å². The molecule has 0 bridgehead atoms. The number of nitrogens with one attached hydrogen (secondary N) is 1. The lowest BCUT2D eigenvalue weighted by Gasteiger charge is -2.21. The number of benzene rings is 2. The largest absolute Gasteiger partial charge is 0.481 e. The summed E-state index contributed by atoms with van der Waals surface area (Å²) >= 11 is 0. The van der Waals surface area contributed by atoms with Crippen LogP contribution in [0.5, 0.6) is 5.75 Å². The van der Waals surface area contributed by atoms with Gasteiger partial charge in [-0.25, -0.2) is 8.42 Å². The molecule has 1 aliphatic carbocycles. The first-order chi connectivity index (χ1) is 14.9. The van der Waals surface area contributed by atoms with Crippen molar-refractivity contribution < 1.29 is 17.9 Å². The smallest absolute Gasteiger partial charge is 0.265 e. The Morgan fingerprint density at radius 3 is 2.26 bits per heavy atom. The fourth-order valence-corrected chi connectivity index (χ4v) is 5.37. The quantitative estimate of drug-likeness (QED) is 0.622.